The van der Waals surface area contributed by atoms with Crippen LogP contribution in [0.5, 0.6) is 0 Å². The third kappa shape index (κ3) is 7.71. The minimum atomic E-state index is -4.21. The quantitative estimate of drug-likeness (QED) is 0.297. The largest absolute Gasteiger partial charge is 0.779 e. The van der Waals surface area contributed by atoms with E-state index in [0.717, 1.165) is 0 Å². The highest BCUT2D eigenvalue weighted by atomic mass is 31.2. The number of rotatable bonds is 5. The van der Waals surface area contributed by atoms with Gasteiger partial charge in [-0.2, -0.15) is 0 Å². The molecular weight excluding hydrogens is 195 g/mol. The molecule has 0 aromatic heterocycles. The number of hydrogen-bond acceptors (Lipinski definition) is 4. The van der Waals surface area contributed by atoms with E-state index in [2.05, 4.69) is 11.3 Å². The number of ether oxygens (including phenoxy) is 1. The Morgan fingerprint density at radius 2 is 2.23 bits per heavy atom. The van der Waals surface area contributed by atoms with Crippen molar-refractivity contribution in [2.45, 2.75) is 13.3 Å². The molecule has 0 aromatic rings. The summed E-state index contributed by atoms with van der Waals surface area (Å²) in [6.07, 6.45) is -0.285. The van der Waals surface area contributed by atoms with E-state index in [-0.39, 0.29) is 24.8 Å². The van der Waals surface area contributed by atoms with Crippen LogP contribution in [0.2, 0.25) is 0 Å². The smallest absolute Gasteiger partial charge is 0.333 e. The highest BCUT2D eigenvalue weighted by Gasteiger charge is 2.04. The molecule has 0 saturated carbocycles. The molecule has 0 bridgehead atoms. The van der Waals surface area contributed by atoms with Crippen LogP contribution in [0.1, 0.15) is 13.3 Å². The van der Waals surface area contributed by atoms with Crippen molar-refractivity contribution in [3.8, 4) is 0 Å². The normalized spacial score (nSPS) is 14.7. The summed E-state index contributed by atoms with van der Waals surface area (Å²) in [4.78, 5) is 29.3. The molecule has 0 aromatic carbocycles. The van der Waals surface area contributed by atoms with Crippen molar-refractivity contribution in [2.24, 2.45) is 0 Å². The van der Waals surface area contributed by atoms with Gasteiger partial charge in [-0.05, 0) is 13.3 Å². The summed E-state index contributed by atoms with van der Waals surface area (Å²) in [5.74, 6) is -0.557. The minimum Gasteiger partial charge on any atom is -0.779 e. The highest BCUT2D eigenvalue weighted by molar-refractivity contribution is 7.50. The second-order valence-electron chi connectivity index (χ2n) is 2.63. The Morgan fingerprint density at radius 1 is 1.69 bits per heavy atom. The van der Waals surface area contributed by atoms with Crippen LogP contribution in [0.3, 0.4) is 0 Å². The van der Waals surface area contributed by atoms with Crippen molar-refractivity contribution < 1.29 is 23.9 Å². The van der Waals surface area contributed by atoms with Crippen molar-refractivity contribution in [1.29, 1.82) is 0 Å². The van der Waals surface area contributed by atoms with Crippen LogP contribution in [0.4, 0.5) is 0 Å². The van der Waals surface area contributed by atoms with Gasteiger partial charge in [-0.3, -0.25) is 0 Å². The van der Waals surface area contributed by atoms with E-state index >= 15 is 0 Å². The molecule has 0 radical (unpaired) electrons. The molecule has 13 heavy (non-hydrogen) atoms. The lowest BCUT2D eigenvalue weighted by Gasteiger charge is -2.14. The summed E-state index contributed by atoms with van der Waals surface area (Å²) in [6.45, 7) is 4.81. The van der Waals surface area contributed by atoms with Crippen LogP contribution in [0.25, 0.3) is 0 Å². The Hall–Kier alpha value is -0.640. The minimum absolute atomic E-state index is 0.0293. The Labute approximate surface area is 76.6 Å². The summed E-state index contributed by atoms with van der Waals surface area (Å²) in [7, 11) is -4.21. The summed E-state index contributed by atoms with van der Waals surface area (Å²) in [5, 5.41) is 0. The lowest BCUT2D eigenvalue weighted by atomic mass is 10.4. The van der Waals surface area contributed by atoms with Gasteiger partial charge in [0.1, 0.15) is 7.60 Å². The van der Waals surface area contributed by atoms with Crippen molar-refractivity contribution in [3.05, 3.63) is 12.2 Å². The molecule has 0 fully saturated rings. The second kappa shape index (κ2) is 5.17. The SMILES string of the molecule is C=C(C)C(=O)OCCCP(=O)([O-])O. The maximum absolute atomic E-state index is 10.7. The maximum atomic E-state index is 10.7. The first-order valence-corrected chi connectivity index (χ1v) is 5.44. The van der Waals surface area contributed by atoms with Gasteiger partial charge < -0.3 is 19.1 Å². The van der Waals surface area contributed by atoms with Gasteiger partial charge in [-0.1, -0.05) is 6.58 Å². The zero-order chi connectivity index (χ0) is 10.5. The number of esters is 1. The molecule has 1 atom stereocenters. The van der Waals surface area contributed by atoms with E-state index in [0.29, 0.717) is 0 Å². The molecule has 0 saturated heterocycles. The molecule has 6 heteroatoms. The second-order valence-corrected chi connectivity index (χ2v) is 4.35. The number of hydrogen-bond donors (Lipinski definition) is 1. The summed E-state index contributed by atoms with van der Waals surface area (Å²) in [5.41, 5.74) is 0.259. The molecule has 1 unspecified atom stereocenters. The van der Waals surface area contributed by atoms with Crippen molar-refractivity contribution in [3.63, 3.8) is 0 Å². The molecule has 0 aliphatic carbocycles. The van der Waals surface area contributed by atoms with Gasteiger partial charge in [0.25, 0.3) is 0 Å². The summed E-state index contributed by atoms with van der Waals surface area (Å²) >= 11 is 0. The molecule has 0 heterocycles. The fourth-order valence-corrected chi connectivity index (χ4v) is 1.08. The molecule has 0 aliphatic heterocycles. The van der Waals surface area contributed by atoms with E-state index in [1.54, 1.807) is 0 Å². The number of carbonyl (C=O) groups excluding carboxylic acids is 1. The van der Waals surface area contributed by atoms with Gasteiger partial charge in [0.2, 0.25) is 0 Å². The first-order chi connectivity index (χ1) is 5.83. The predicted molar refractivity (Wildman–Crippen MR) is 45.1 cm³/mol. The van der Waals surface area contributed by atoms with E-state index < -0.39 is 13.6 Å². The van der Waals surface area contributed by atoms with Crippen LogP contribution in [-0.2, 0) is 14.1 Å². The zero-order valence-corrected chi connectivity index (χ0v) is 8.25. The first kappa shape index (κ1) is 12.4. The predicted octanol–water partition coefficient (Wildman–Crippen LogP) is 0.0415. The monoisotopic (exact) mass is 207 g/mol. The van der Waals surface area contributed by atoms with Crippen molar-refractivity contribution in [1.82, 2.24) is 0 Å². The Bertz CT molecular complexity index is 241. The fraction of sp³-hybridized carbons (Fsp3) is 0.571. The lowest BCUT2D eigenvalue weighted by molar-refractivity contribution is -0.193. The van der Waals surface area contributed by atoms with Gasteiger partial charge in [0.15, 0.2) is 0 Å². The number of carbonyl (C=O) groups is 1. The van der Waals surface area contributed by atoms with Gasteiger partial charge >= 0.3 is 5.97 Å². The average molecular weight is 207 g/mol. The van der Waals surface area contributed by atoms with E-state index in [9.17, 15) is 14.3 Å². The Kier molecular flexibility index (Phi) is 4.91. The van der Waals surface area contributed by atoms with Crippen LogP contribution in [0.15, 0.2) is 12.2 Å². The molecule has 5 nitrogen and oxygen atoms in total. The third-order valence-electron chi connectivity index (χ3n) is 1.17. The molecule has 0 spiro atoms. The topological polar surface area (TPSA) is 86.7 Å². The Morgan fingerprint density at radius 3 is 2.62 bits per heavy atom. The van der Waals surface area contributed by atoms with Crippen LogP contribution in [-0.4, -0.2) is 23.6 Å². The van der Waals surface area contributed by atoms with Crippen LogP contribution >= 0.6 is 7.60 Å². The lowest BCUT2D eigenvalue weighted by Crippen LogP contribution is -2.10. The highest BCUT2D eigenvalue weighted by Crippen LogP contribution is 2.29. The van der Waals surface area contributed by atoms with E-state index in [1.807, 2.05) is 0 Å². The molecule has 1 N–H and O–H groups in total. The molecular formula is C7H12O5P-. The first-order valence-electron chi connectivity index (χ1n) is 3.68. The molecule has 0 rings (SSSR count). The summed E-state index contributed by atoms with van der Waals surface area (Å²) < 4.78 is 14.8. The molecule has 0 aliphatic rings. The standard InChI is InChI=1S/C7H13O5P/c1-6(2)7(8)12-4-3-5-13(9,10)11/h1,3-5H2,2H3,(H2,9,10,11)/p-1. The molecule has 76 valence electrons. The fourth-order valence-electron chi connectivity index (χ4n) is 0.552. The van der Waals surface area contributed by atoms with Gasteiger partial charge in [-0.15, -0.1) is 0 Å². The maximum Gasteiger partial charge on any atom is 0.333 e. The molecule has 0 amide bonds. The van der Waals surface area contributed by atoms with Crippen molar-refractivity contribution in [2.75, 3.05) is 12.8 Å². The third-order valence-corrected chi connectivity index (χ3v) is 2.05. The van der Waals surface area contributed by atoms with Crippen LogP contribution in [0, 0.1) is 0 Å². The van der Waals surface area contributed by atoms with Gasteiger partial charge in [0, 0.05) is 11.7 Å². The zero-order valence-electron chi connectivity index (χ0n) is 7.36. The van der Waals surface area contributed by atoms with Gasteiger partial charge in [-0.25, -0.2) is 4.79 Å². The van der Waals surface area contributed by atoms with E-state index in [1.165, 1.54) is 6.92 Å². The average Bonchev–Trinajstić information content (AvgIpc) is 1.95. The summed E-state index contributed by atoms with van der Waals surface area (Å²) in [6, 6.07) is 0. The Balaban J connectivity index is 3.53. The van der Waals surface area contributed by atoms with E-state index in [4.69, 9.17) is 4.89 Å². The van der Waals surface area contributed by atoms with Gasteiger partial charge in [0.05, 0.1) is 6.61 Å². The van der Waals surface area contributed by atoms with Crippen molar-refractivity contribution >= 4 is 13.6 Å². The van der Waals surface area contributed by atoms with Crippen LogP contribution < -0.4 is 4.89 Å².